The Bertz CT molecular complexity index is 1240. The number of benzene rings is 4. The van der Waals surface area contributed by atoms with Crippen molar-refractivity contribution >= 4 is 44.4 Å². The van der Waals surface area contributed by atoms with E-state index >= 15 is 0 Å². The standard InChI is InChI=1S/C22H14O2/c1-12-11-14-7-4-9-16-15-8-2-5-13-6-3-10-17(19(13)15)21(20(14)16)18(12)22(23)24/h2-11,18H,1H2,(H,23,24). The number of hydrogen-bond acceptors (Lipinski definition) is 1. The van der Waals surface area contributed by atoms with Gasteiger partial charge in [0, 0.05) is 0 Å². The zero-order valence-corrected chi connectivity index (χ0v) is 12.9. The lowest BCUT2D eigenvalue weighted by atomic mass is 9.78. The highest BCUT2D eigenvalue weighted by atomic mass is 16.4. The summed E-state index contributed by atoms with van der Waals surface area (Å²) in [6.45, 7) is 4.03. The second kappa shape index (κ2) is 4.45. The van der Waals surface area contributed by atoms with Crippen molar-refractivity contribution in [1.29, 1.82) is 0 Å². The van der Waals surface area contributed by atoms with Crippen LogP contribution in [-0.2, 0) is 4.79 Å². The van der Waals surface area contributed by atoms with Crippen molar-refractivity contribution in [1.82, 2.24) is 0 Å². The second-order valence-electron chi connectivity index (χ2n) is 6.38. The number of carboxylic acids is 1. The summed E-state index contributed by atoms with van der Waals surface area (Å²) in [4.78, 5) is 12.0. The first-order valence-electron chi connectivity index (χ1n) is 7.96. The molecule has 0 radical (unpaired) electrons. The van der Waals surface area contributed by atoms with E-state index in [0.717, 1.165) is 37.7 Å². The molecule has 1 aliphatic carbocycles. The van der Waals surface area contributed by atoms with E-state index < -0.39 is 11.9 Å². The first-order valence-corrected chi connectivity index (χ1v) is 7.96. The van der Waals surface area contributed by atoms with Crippen LogP contribution in [0.25, 0.3) is 38.4 Å². The van der Waals surface area contributed by atoms with Crippen LogP contribution in [0.4, 0.5) is 0 Å². The van der Waals surface area contributed by atoms with Gasteiger partial charge < -0.3 is 5.11 Å². The molecule has 0 saturated carbocycles. The van der Waals surface area contributed by atoms with Crippen LogP contribution in [0.15, 0.2) is 66.7 Å². The van der Waals surface area contributed by atoms with Crippen molar-refractivity contribution < 1.29 is 9.90 Å². The maximum Gasteiger partial charge on any atom is 0.315 e. The SMILES string of the molecule is C=C1C=c2cccc3c2c(c2cccc4cccc3c42)C1C(=O)O. The molecule has 5 rings (SSSR count). The molecule has 0 heterocycles. The van der Waals surface area contributed by atoms with Gasteiger partial charge in [0.05, 0.1) is 0 Å². The third-order valence-corrected chi connectivity index (χ3v) is 5.10. The number of carbonyl (C=O) groups is 1. The molecule has 0 amide bonds. The Morgan fingerprint density at radius 2 is 1.50 bits per heavy atom. The van der Waals surface area contributed by atoms with Gasteiger partial charge >= 0.3 is 5.97 Å². The fraction of sp³-hybridized carbons (Fsp3) is 0.0455. The van der Waals surface area contributed by atoms with Crippen molar-refractivity contribution in [2.45, 2.75) is 5.92 Å². The van der Waals surface area contributed by atoms with Crippen molar-refractivity contribution in [3.8, 4) is 0 Å². The van der Waals surface area contributed by atoms with Crippen LogP contribution >= 0.6 is 0 Å². The Hall–Kier alpha value is -3.13. The van der Waals surface area contributed by atoms with E-state index in [-0.39, 0.29) is 0 Å². The molecule has 0 aromatic heterocycles. The van der Waals surface area contributed by atoms with Crippen molar-refractivity contribution in [2.24, 2.45) is 0 Å². The minimum atomic E-state index is -0.844. The maximum absolute atomic E-state index is 12.0. The normalized spacial score (nSPS) is 16.7. The molecule has 114 valence electrons. The fourth-order valence-electron chi connectivity index (χ4n) is 4.19. The van der Waals surface area contributed by atoms with Crippen LogP contribution in [0.2, 0.25) is 0 Å². The number of rotatable bonds is 1. The van der Waals surface area contributed by atoms with E-state index in [9.17, 15) is 9.90 Å². The first kappa shape index (κ1) is 13.3. The molecule has 1 atom stereocenters. The Morgan fingerprint density at radius 3 is 2.21 bits per heavy atom. The van der Waals surface area contributed by atoms with Gasteiger partial charge in [0.15, 0.2) is 0 Å². The minimum absolute atomic E-state index is 0.638. The van der Waals surface area contributed by atoms with Crippen LogP contribution in [0.5, 0.6) is 0 Å². The third kappa shape index (κ3) is 1.52. The molecule has 2 heteroatoms. The van der Waals surface area contributed by atoms with Crippen LogP contribution in [0.3, 0.4) is 0 Å². The first-order chi connectivity index (χ1) is 11.7. The minimum Gasteiger partial charge on any atom is -0.481 e. The molecule has 24 heavy (non-hydrogen) atoms. The summed E-state index contributed by atoms with van der Waals surface area (Å²) in [7, 11) is 0. The second-order valence-corrected chi connectivity index (χ2v) is 6.38. The number of hydrogen-bond donors (Lipinski definition) is 1. The van der Waals surface area contributed by atoms with E-state index in [0.29, 0.717) is 5.57 Å². The molecule has 1 aliphatic rings. The van der Waals surface area contributed by atoms with Gasteiger partial charge in [-0.1, -0.05) is 67.3 Å². The lowest BCUT2D eigenvalue weighted by Gasteiger charge is -2.24. The molecule has 4 aromatic rings. The summed E-state index contributed by atoms with van der Waals surface area (Å²) < 4.78 is 0. The van der Waals surface area contributed by atoms with Gasteiger partial charge in [0.25, 0.3) is 0 Å². The maximum atomic E-state index is 12.0. The predicted octanol–water partition coefficient (Wildman–Crippen LogP) is 4.38. The third-order valence-electron chi connectivity index (χ3n) is 5.10. The molecule has 0 bridgehead atoms. The van der Waals surface area contributed by atoms with Gasteiger partial charge in [-0.3, -0.25) is 4.79 Å². The van der Waals surface area contributed by atoms with Crippen molar-refractivity contribution in [2.75, 3.05) is 0 Å². The van der Waals surface area contributed by atoms with Crippen molar-refractivity contribution in [3.05, 3.63) is 77.5 Å². The number of fused-ring (bicyclic) bond motifs is 2. The predicted molar refractivity (Wildman–Crippen MR) is 98.2 cm³/mol. The van der Waals surface area contributed by atoms with E-state index in [4.69, 9.17) is 0 Å². The van der Waals surface area contributed by atoms with Crippen LogP contribution in [-0.4, -0.2) is 11.1 Å². The fourth-order valence-corrected chi connectivity index (χ4v) is 4.19. The summed E-state index contributed by atoms with van der Waals surface area (Å²) in [6.07, 6.45) is 1.91. The lowest BCUT2D eigenvalue weighted by molar-refractivity contribution is -0.137. The monoisotopic (exact) mass is 310 g/mol. The van der Waals surface area contributed by atoms with Gasteiger partial charge in [-0.25, -0.2) is 0 Å². The molecule has 1 unspecified atom stereocenters. The van der Waals surface area contributed by atoms with E-state index in [1.807, 2.05) is 30.3 Å². The molecule has 4 aromatic carbocycles. The van der Waals surface area contributed by atoms with Crippen LogP contribution in [0.1, 0.15) is 11.5 Å². The van der Waals surface area contributed by atoms with Gasteiger partial charge in [-0.05, 0) is 48.7 Å². The Kier molecular flexibility index (Phi) is 2.47. The van der Waals surface area contributed by atoms with Gasteiger partial charge in [-0.15, -0.1) is 0 Å². The molecular weight excluding hydrogens is 296 g/mol. The largest absolute Gasteiger partial charge is 0.481 e. The van der Waals surface area contributed by atoms with E-state index in [1.165, 1.54) is 5.39 Å². The lowest BCUT2D eigenvalue weighted by Crippen LogP contribution is -2.21. The highest BCUT2D eigenvalue weighted by Gasteiger charge is 2.30. The number of aliphatic carboxylic acids is 1. The number of carboxylic acid groups (broad SMARTS) is 1. The molecule has 0 fully saturated rings. The topological polar surface area (TPSA) is 37.3 Å². The smallest absolute Gasteiger partial charge is 0.315 e. The highest BCUT2D eigenvalue weighted by Crippen LogP contribution is 2.42. The van der Waals surface area contributed by atoms with E-state index in [2.05, 4.69) is 36.9 Å². The van der Waals surface area contributed by atoms with Crippen LogP contribution < -0.4 is 5.22 Å². The molecule has 0 saturated heterocycles. The zero-order chi connectivity index (χ0) is 16.4. The average molecular weight is 310 g/mol. The zero-order valence-electron chi connectivity index (χ0n) is 12.9. The molecule has 2 nitrogen and oxygen atoms in total. The molecular formula is C22H14O2. The van der Waals surface area contributed by atoms with Gasteiger partial charge in [-0.2, -0.15) is 0 Å². The summed E-state index contributed by atoms with van der Waals surface area (Å²) in [5, 5.41) is 17.5. The molecule has 0 spiro atoms. The highest BCUT2D eigenvalue weighted by molar-refractivity contribution is 6.24. The van der Waals surface area contributed by atoms with Gasteiger partial charge in [0.1, 0.15) is 5.92 Å². The van der Waals surface area contributed by atoms with Gasteiger partial charge in [0.2, 0.25) is 0 Å². The summed E-state index contributed by atoms with van der Waals surface area (Å²) >= 11 is 0. The van der Waals surface area contributed by atoms with Crippen LogP contribution in [0, 0.1) is 0 Å². The Balaban J connectivity index is 2.20. The Morgan fingerprint density at radius 1 is 0.875 bits per heavy atom. The van der Waals surface area contributed by atoms with Crippen molar-refractivity contribution in [3.63, 3.8) is 0 Å². The Labute approximate surface area is 138 Å². The molecule has 1 N–H and O–H groups in total. The van der Waals surface area contributed by atoms with E-state index in [1.54, 1.807) is 0 Å². The molecule has 0 aliphatic heterocycles. The summed E-state index contributed by atoms with van der Waals surface area (Å²) in [6, 6.07) is 18.5. The quantitative estimate of drug-likeness (QED) is 0.418. The summed E-state index contributed by atoms with van der Waals surface area (Å²) in [5.74, 6) is -1.54. The summed E-state index contributed by atoms with van der Waals surface area (Å²) in [5.41, 5.74) is 1.52. The average Bonchev–Trinajstić information content (AvgIpc) is 2.58.